The Morgan fingerprint density at radius 2 is 1.83 bits per heavy atom. The summed E-state index contributed by atoms with van der Waals surface area (Å²) in [6.45, 7) is 1.90. The predicted octanol–water partition coefficient (Wildman–Crippen LogP) is 5.18. The molecule has 1 saturated heterocycles. The molecule has 24 heavy (non-hydrogen) atoms. The van der Waals surface area contributed by atoms with Gasteiger partial charge in [-0.3, -0.25) is 4.90 Å². The summed E-state index contributed by atoms with van der Waals surface area (Å²) in [5.41, 5.74) is 4.82. The Labute approximate surface area is 141 Å². The fourth-order valence-corrected chi connectivity index (χ4v) is 4.05. The summed E-state index contributed by atoms with van der Waals surface area (Å²) in [5.74, 6) is -1.52. The normalized spacial score (nSPS) is 21.2. The van der Waals surface area contributed by atoms with Crippen LogP contribution < -0.4 is 0 Å². The number of halogens is 2. The molecule has 3 heteroatoms. The molecule has 0 spiro atoms. The summed E-state index contributed by atoms with van der Waals surface area (Å²) in [7, 11) is 0. The van der Waals surface area contributed by atoms with Crippen LogP contribution in [-0.2, 0) is 6.54 Å². The Bertz CT molecular complexity index is 767. The van der Waals surface area contributed by atoms with Gasteiger partial charge < -0.3 is 0 Å². The van der Waals surface area contributed by atoms with Crippen molar-refractivity contribution in [3.8, 4) is 0 Å². The van der Waals surface area contributed by atoms with Gasteiger partial charge in [-0.25, -0.2) is 8.78 Å². The molecule has 0 radical (unpaired) electrons. The molecule has 2 aromatic carbocycles. The first kappa shape index (κ1) is 15.5. The van der Waals surface area contributed by atoms with Crippen LogP contribution in [0.15, 0.2) is 54.1 Å². The lowest BCUT2D eigenvalue weighted by molar-refractivity contribution is 0.198. The second kappa shape index (κ2) is 6.48. The molecule has 3 aliphatic rings. The van der Waals surface area contributed by atoms with Crippen molar-refractivity contribution >= 4 is 5.57 Å². The van der Waals surface area contributed by atoms with Crippen LogP contribution in [0.4, 0.5) is 8.78 Å². The lowest BCUT2D eigenvalue weighted by Gasteiger charge is -2.36. The van der Waals surface area contributed by atoms with E-state index in [-0.39, 0.29) is 0 Å². The molecule has 2 aliphatic heterocycles. The minimum Gasteiger partial charge on any atom is -0.292 e. The Morgan fingerprint density at radius 3 is 2.62 bits per heavy atom. The summed E-state index contributed by atoms with van der Waals surface area (Å²) in [4.78, 5) is 2.54. The Morgan fingerprint density at radius 1 is 1.00 bits per heavy atom. The predicted molar refractivity (Wildman–Crippen MR) is 92.4 cm³/mol. The highest BCUT2D eigenvalue weighted by atomic mass is 19.2. The number of hydrogen-bond acceptors (Lipinski definition) is 1. The van der Waals surface area contributed by atoms with E-state index in [1.165, 1.54) is 41.7 Å². The summed E-state index contributed by atoms with van der Waals surface area (Å²) >= 11 is 0. The molecule has 2 heterocycles. The molecule has 2 aromatic rings. The Hall–Kier alpha value is -2.00. The third-order valence-corrected chi connectivity index (χ3v) is 5.29. The number of rotatable bonds is 3. The Kier molecular flexibility index (Phi) is 4.19. The first-order chi connectivity index (χ1) is 11.7. The zero-order valence-electron chi connectivity index (χ0n) is 13.6. The highest BCUT2D eigenvalue weighted by molar-refractivity contribution is 5.71. The van der Waals surface area contributed by atoms with E-state index >= 15 is 0 Å². The molecule has 2 bridgehead atoms. The van der Waals surface area contributed by atoms with Crippen molar-refractivity contribution in [3.63, 3.8) is 0 Å². The highest BCUT2D eigenvalue weighted by Gasteiger charge is 2.31. The summed E-state index contributed by atoms with van der Waals surface area (Å²) in [5, 5.41) is 0. The van der Waals surface area contributed by atoms with E-state index in [2.05, 4.69) is 29.2 Å². The molecule has 1 fully saturated rings. The van der Waals surface area contributed by atoms with Crippen LogP contribution in [0.5, 0.6) is 0 Å². The summed E-state index contributed by atoms with van der Waals surface area (Å²) < 4.78 is 26.9. The van der Waals surface area contributed by atoms with Gasteiger partial charge in [-0.1, -0.05) is 42.0 Å². The molecule has 1 aliphatic carbocycles. The second-order valence-electron chi connectivity index (χ2n) is 6.85. The molecule has 1 unspecified atom stereocenters. The molecule has 1 nitrogen and oxygen atoms in total. The SMILES string of the molecule is Fc1ccc(C2=C3CCCC(C2)N(Cc2ccccc2)C3)cc1F. The van der Waals surface area contributed by atoms with Crippen LogP contribution in [-0.4, -0.2) is 17.5 Å². The van der Waals surface area contributed by atoms with Gasteiger partial charge in [0.15, 0.2) is 11.6 Å². The zero-order chi connectivity index (χ0) is 16.5. The molecule has 5 rings (SSSR count). The van der Waals surface area contributed by atoms with Gasteiger partial charge in [0, 0.05) is 19.1 Å². The lowest BCUT2D eigenvalue weighted by Crippen LogP contribution is -2.38. The first-order valence-electron chi connectivity index (χ1n) is 8.65. The van der Waals surface area contributed by atoms with Crippen LogP contribution >= 0.6 is 0 Å². The van der Waals surface area contributed by atoms with E-state index in [0.717, 1.165) is 31.5 Å². The Balaban J connectivity index is 1.62. The van der Waals surface area contributed by atoms with Crippen LogP contribution in [0.2, 0.25) is 0 Å². The van der Waals surface area contributed by atoms with Crippen molar-refractivity contribution in [2.45, 2.75) is 38.3 Å². The van der Waals surface area contributed by atoms with Gasteiger partial charge in [-0.15, -0.1) is 0 Å². The van der Waals surface area contributed by atoms with Crippen molar-refractivity contribution in [3.05, 3.63) is 76.9 Å². The maximum Gasteiger partial charge on any atom is 0.159 e. The fourth-order valence-electron chi connectivity index (χ4n) is 4.05. The minimum atomic E-state index is -0.770. The van der Waals surface area contributed by atoms with Crippen molar-refractivity contribution in [1.29, 1.82) is 0 Å². The maximum atomic E-state index is 13.6. The first-order valence-corrected chi connectivity index (χ1v) is 8.65. The highest BCUT2D eigenvalue weighted by Crippen LogP contribution is 2.39. The van der Waals surface area contributed by atoms with Crippen molar-refractivity contribution in [2.75, 3.05) is 6.54 Å². The molecule has 124 valence electrons. The quantitative estimate of drug-likeness (QED) is 0.752. The van der Waals surface area contributed by atoms with Gasteiger partial charge >= 0.3 is 0 Å². The van der Waals surface area contributed by atoms with Crippen LogP contribution in [0.1, 0.15) is 36.8 Å². The summed E-state index contributed by atoms with van der Waals surface area (Å²) in [6, 6.07) is 15.4. The van der Waals surface area contributed by atoms with E-state index in [4.69, 9.17) is 0 Å². The van der Waals surface area contributed by atoms with E-state index in [0.29, 0.717) is 6.04 Å². The van der Waals surface area contributed by atoms with E-state index < -0.39 is 11.6 Å². The lowest BCUT2D eigenvalue weighted by atomic mass is 9.90. The number of hydrogen-bond donors (Lipinski definition) is 0. The second-order valence-corrected chi connectivity index (χ2v) is 6.85. The largest absolute Gasteiger partial charge is 0.292 e. The van der Waals surface area contributed by atoms with Crippen LogP contribution in [0, 0.1) is 11.6 Å². The molecule has 1 atom stereocenters. The smallest absolute Gasteiger partial charge is 0.159 e. The minimum absolute atomic E-state index is 0.486. The molecular weight excluding hydrogens is 304 g/mol. The average molecular weight is 325 g/mol. The van der Waals surface area contributed by atoms with E-state index in [1.54, 1.807) is 6.07 Å². The van der Waals surface area contributed by atoms with Gasteiger partial charge in [0.05, 0.1) is 0 Å². The standard InChI is InChI=1S/C21H21F2N/c22-20-10-9-16(11-21(20)23)19-12-18-8-4-7-17(19)14-24(18)13-15-5-2-1-3-6-15/h1-3,5-6,9-11,18H,4,7-8,12-14H2. The van der Waals surface area contributed by atoms with Gasteiger partial charge in [0.2, 0.25) is 0 Å². The molecule has 0 saturated carbocycles. The van der Waals surface area contributed by atoms with Gasteiger partial charge in [-0.05, 0) is 54.5 Å². The summed E-state index contributed by atoms with van der Waals surface area (Å²) in [6.07, 6.45) is 4.35. The third kappa shape index (κ3) is 3.01. The number of benzene rings is 2. The van der Waals surface area contributed by atoms with Crippen LogP contribution in [0.3, 0.4) is 0 Å². The molecular formula is C21H21F2N. The van der Waals surface area contributed by atoms with E-state index in [9.17, 15) is 8.78 Å². The zero-order valence-corrected chi connectivity index (χ0v) is 13.6. The molecule has 0 N–H and O–H groups in total. The molecule has 0 aromatic heterocycles. The van der Waals surface area contributed by atoms with Crippen molar-refractivity contribution in [2.24, 2.45) is 0 Å². The molecule has 0 amide bonds. The topological polar surface area (TPSA) is 3.24 Å². The van der Waals surface area contributed by atoms with E-state index in [1.807, 2.05) is 6.07 Å². The third-order valence-electron chi connectivity index (χ3n) is 5.29. The van der Waals surface area contributed by atoms with Gasteiger partial charge in [-0.2, -0.15) is 0 Å². The van der Waals surface area contributed by atoms with Gasteiger partial charge in [0.25, 0.3) is 0 Å². The van der Waals surface area contributed by atoms with Crippen molar-refractivity contribution < 1.29 is 8.78 Å². The van der Waals surface area contributed by atoms with Crippen LogP contribution in [0.25, 0.3) is 5.57 Å². The maximum absolute atomic E-state index is 13.6. The average Bonchev–Trinajstić information content (AvgIpc) is 2.92. The monoisotopic (exact) mass is 325 g/mol. The number of fused-ring (bicyclic) bond motifs is 4. The number of nitrogens with zero attached hydrogens (tertiary/aromatic N) is 1. The van der Waals surface area contributed by atoms with Gasteiger partial charge in [0.1, 0.15) is 0 Å². The fraction of sp³-hybridized carbons (Fsp3) is 0.333. The van der Waals surface area contributed by atoms with Crippen molar-refractivity contribution in [1.82, 2.24) is 4.90 Å².